The van der Waals surface area contributed by atoms with Gasteiger partial charge in [0.1, 0.15) is 0 Å². The van der Waals surface area contributed by atoms with Crippen LogP contribution in [0.4, 0.5) is 11.4 Å². The van der Waals surface area contributed by atoms with Crippen molar-refractivity contribution in [2.24, 2.45) is 10.9 Å². The number of rotatable bonds is 8. The maximum Gasteiger partial charge on any atom is 0.270 e. The van der Waals surface area contributed by atoms with Gasteiger partial charge in [0.25, 0.3) is 5.69 Å². The molecule has 7 heteroatoms. The highest BCUT2D eigenvalue weighted by molar-refractivity contribution is 6.22. The molecule has 0 saturated heterocycles. The van der Waals surface area contributed by atoms with Gasteiger partial charge in [-0.3, -0.25) is 10.1 Å². The highest BCUT2D eigenvalue weighted by Crippen LogP contribution is 2.33. The van der Waals surface area contributed by atoms with E-state index in [0.717, 1.165) is 29.9 Å². The number of nitrogens with zero attached hydrogens (tertiary/aromatic N) is 2. The van der Waals surface area contributed by atoms with Crippen LogP contribution in [0.1, 0.15) is 30.5 Å². The summed E-state index contributed by atoms with van der Waals surface area (Å²) < 4.78 is 0. The van der Waals surface area contributed by atoms with Gasteiger partial charge in [-0.2, -0.15) is 0 Å². The average Bonchev–Trinajstić information content (AvgIpc) is 3.13. The number of aromatic amines is 1. The predicted molar refractivity (Wildman–Crippen MR) is 131 cm³/mol. The molecule has 3 N–H and O–H groups in total. The third kappa shape index (κ3) is 5.10. The molecule has 0 radical (unpaired) electrons. The Morgan fingerprint density at radius 2 is 1.82 bits per heavy atom. The minimum Gasteiger partial charge on any atom is -0.494 e. The second-order valence-electron chi connectivity index (χ2n) is 8.35. The van der Waals surface area contributed by atoms with Gasteiger partial charge >= 0.3 is 0 Å². The summed E-state index contributed by atoms with van der Waals surface area (Å²) in [7, 11) is 0. The van der Waals surface area contributed by atoms with E-state index in [2.05, 4.69) is 24.1 Å². The number of nitro benzene ring substituents is 1. The topological polar surface area (TPSA) is 104 Å². The molecule has 1 aromatic heterocycles. The normalized spacial score (nSPS) is 11.9. The highest BCUT2D eigenvalue weighted by atomic mass is 16.6. The smallest absolute Gasteiger partial charge is 0.270 e. The molecule has 0 unspecified atom stereocenters. The molecule has 7 nitrogen and oxygen atoms in total. The van der Waals surface area contributed by atoms with E-state index in [1.807, 2.05) is 54.6 Å². The van der Waals surface area contributed by atoms with E-state index < -0.39 is 4.92 Å². The number of fused-ring (bicyclic) bond motifs is 1. The standard InChI is InChI=1S/C26H26N4O3/c1-17(2)15-27-16-18-8-10-20(11-9-18)28-25(19-6-4-3-5-7-19)24-22-14-21(30(32)33)12-13-23(22)29-26(24)31/h3-14,17,27,29,31H,15-16H2,1-2H3. The lowest BCUT2D eigenvalue weighted by molar-refractivity contribution is -0.384. The van der Waals surface area contributed by atoms with E-state index in [1.54, 1.807) is 6.07 Å². The van der Waals surface area contributed by atoms with E-state index >= 15 is 0 Å². The van der Waals surface area contributed by atoms with Crippen LogP contribution in [0.15, 0.2) is 77.8 Å². The summed E-state index contributed by atoms with van der Waals surface area (Å²) in [5.74, 6) is 0.504. The monoisotopic (exact) mass is 442 g/mol. The molecule has 168 valence electrons. The first-order chi connectivity index (χ1) is 15.9. The zero-order valence-corrected chi connectivity index (χ0v) is 18.6. The summed E-state index contributed by atoms with van der Waals surface area (Å²) in [5.41, 5.74) is 4.19. The lowest BCUT2D eigenvalue weighted by Crippen LogP contribution is -2.18. The lowest BCUT2D eigenvalue weighted by Gasteiger charge is -2.09. The number of aliphatic imine (C=N–C) groups is 1. The van der Waals surface area contributed by atoms with Crippen molar-refractivity contribution in [3.63, 3.8) is 0 Å². The van der Waals surface area contributed by atoms with Crippen molar-refractivity contribution in [3.05, 3.63) is 99.6 Å². The number of non-ortho nitro benzene ring substituents is 1. The molecule has 3 aromatic carbocycles. The first kappa shape index (κ1) is 22.2. The molecule has 0 spiro atoms. The van der Waals surface area contributed by atoms with Crippen LogP contribution in [-0.2, 0) is 6.54 Å². The predicted octanol–water partition coefficient (Wildman–Crippen LogP) is 5.70. The second kappa shape index (κ2) is 9.67. The van der Waals surface area contributed by atoms with Gasteiger partial charge in [-0.25, -0.2) is 4.99 Å². The number of benzene rings is 3. The van der Waals surface area contributed by atoms with E-state index in [0.29, 0.717) is 28.1 Å². The van der Waals surface area contributed by atoms with Gasteiger partial charge in [-0.15, -0.1) is 0 Å². The Hall–Kier alpha value is -3.97. The Bertz CT molecular complexity index is 1290. The number of nitrogens with one attached hydrogen (secondary N) is 2. The second-order valence-corrected chi connectivity index (χ2v) is 8.35. The van der Waals surface area contributed by atoms with E-state index in [9.17, 15) is 15.2 Å². The quantitative estimate of drug-likeness (QED) is 0.185. The summed E-state index contributed by atoms with van der Waals surface area (Å²) in [6.07, 6.45) is 0. The first-order valence-corrected chi connectivity index (χ1v) is 10.9. The Morgan fingerprint density at radius 3 is 2.48 bits per heavy atom. The molecule has 0 bridgehead atoms. The lowest BCUT2D eigenvalue weighted by atomic mass is 10.0. The van der Waals surface area contributed by atoms with Crippen molar-refractivity contribution in [2.45, 2.75) is 20.4 Å². The van der Waals surface area contributed by atoms with Gasteiger partial charge in [0.15, 0.2) is 5.88 Å². The van der Waals surface area contributed by atoms with Crippen molar-refractivity contribution in [1.82, 2.24) is 10.3 Å². The van der Waals surface area contributed by atoms with E-state index in [1.165, 1.54) is 12.1 Å². The number of aromatic nitrogens is 1. The maximum atomic E-state index is 11.3. The van der Waals surface area contributed by atoms with Crippen molar-refractivity contribution in [1.29, 1.82) is 0 Å². The van der Waals surface area contributed by atoms with Gasteiger partial charge in [0.05, 0.1) is 21.9 Å². The van der Waals surface area contributed by atoms with Crippen LogP contribution in [0.2, 0.25) is 0 Å². The first-order valence-electron chi connectivity index (χ1n) is 10.9. The van der Waals surface area contributed by atoms with Crippen LogP contribution in [0.5, 0.6) is 5.88 Å². The van der Waals surface area contributed by atoms with Gasteiger partial charge < -0.3 is 15.4 Å². The van der Waals surface area contributed by atoms with Gasteiger partial charge in [-0.05, 0) is 36.2 Å². The summed E-state index contributed by atoms with van der Waals surface area (Å²) in [6, 6.07) is 21.9. The summed E-state index contributed by atoms with van der Waals surface area (Å²) >= 11 is 0. The number of nitro groups is 1. The average molecular weight is 443 g/mol. The van der Waals surface area contributed by atoms with E-state index in [4.69, 9.17) is 4.99 Å². The van der Waals surface area contributed by atoms with Crippen LogP contribution in [-0.4, -0.2) is 27.3 Å². The Balaban J connectivity index is 1.78. The molecule has 0 atom stereocenters. The van der Waals surface area contributed by atoms with Gasteiger partial charge in [0.2, 0.25) is 0 Å². The van der Waals surface area contributed by atoms with Crippen LogP contribution in [0.3, 0.4) is 0 Å². The number of hydrogen-bond donors (Lipinski definition) is 3. The fourth-order valence-electron chi connectivity index (χ4n) is 3.70. The molecule has 4 aromatic rings. The van der Waals surface area contributed by atoms with Crippen molar-refractivity contribution in [3.8, 4) is 5.88 Å². The number of aromatic hydroxyl groups is 1. The molecule has 0 saturated carbocycles. The number of hydrogen-bond acceptors (Lipinski definition) is 5. The maximum absolute atomic E-state index is 11.3. The van der Waals surface area contributed by atoms with Crippen molar-refractivity contribution < 1.29 is 10.0 Å². The van der Waals surface area contributed by atoms with E-state index in [-0.39, 0.29) is 11.6 Å². The number of H-pyrrole nitrogens is 1. The third-order valence-electron chi connectivity index (χ3n) is 5.32. The van der Waals surface area contributed by atoms with Gasteiger partial charge in [0, 0.05) is 35.1 Å². The fourth-order valence-corrected chi connectivity index (χ4v) is 3.70. The van der Waals surface area contributed by atoms with Gasteiger partial charge in [-0.1, -0.05) is 56.3 Å². The van der Waals surface area contributed by atoms with Crippen molar-refractivity contribution >= 4 is 28.0 Å². The molecule has 4 rings (SSSR count). The molecule has 0 aliphatic carbocycles. The van der Waals surface area contributed by atoms with Crippen LogP contribution in [0.25, 0.3) is 10.9 Å². The van der Waals surface area contributed by atoms with Crippen LogP contribution in [0, 0.1) is 16.0 Å². The Morgan fingerprint density at radius 1 is 1.09 bits per heavy atom. The molecule has 1 heterocycles. The minimum absolute atomic E-state index is 0.0478. The van der Waals surface area contributed by atoms with Crippen molar-refractivity contribution in [2.75, 3.05) is 6.54 Å². The molecule has 0 aliphatic rings. The molecular weight excluding hydrogens is 416 g/mol. The molecule has 33 heavy (non-hydrogen) atoms. The Kier molecular flexibility index (Phi) is 6.51. The molecular formula is C26H26N4O3. The zero-order chi connectivity index (χ0) is 23.4. The summed E-state index contributed by atoms with van der Waals surface area (Å²) in [6.45, 7) is 6.07. The Labute approximate surface area is 192 Å². The highest BCUT2D eigenvalue weighted by Gasteiger charge is 2.20. The molecule has 0 fully saturated rings. The largest absolute Gasteiger partial charge is 0.494 e. The van der Waals surface area contributed by atoms with Crippen LogP contribution < -0.4 is 5.32 Å². The van der Waals surface area contributed by atoms with Crippen LogP contribution >= 0.6 is 0 Å². The minimum atomic E-state index is -0.446. The zero-order valence-electron chi connectivity index (χ0n) is 18.6. The summed E-state index contributed by atoms with van der Waals surface area (Å²) in [4.78, 5) is 18.7. The molecule has 0 amide bonds. The summed E-state index contributed by atoms with van der Waals surface area (Å²) in [5, 5.41) is 26.0. The fraction of sp³-hybridized carbons (Fsp3) is 0.192. The SMILES string of the molecule is CC(C)CNCc1ccc(N=C(c2ccccc2)c2c(O)[nH]c3ccc([N+](=O)[O-])cc23)cc1. The molecule has 0 aliphatic heterocycles. The third-order valence-corrected chi connectivity index (χ3v) is 5.32.